The average molecular weight is 205 g/mol. The Bertz CT molecular complexity index is 120. The molecule has 1 nitrogen and oxygen atoms in total. The Balaban J connectivity index is -0.0000000891. The number of hydrogen-bond donors (Lipinski definition) is 0. The van der Waals surface area contributed by atoms with Crippen LogP contribution in [0.3, 0.4) is 0 Å². The zero-order valence-corrected chi connectivity index (χ0v) is 12.2. The Labute approximate surface area is 115 Å². The first-order valence-corrected chi connectivity index (χ1v) is 5.80. The van der Waals surface area contributed by atoms with Gasteiger partial charge in [-0.2, -0.15) is 5.97 Å². The van der Waals surface area contributed by atoms with Crippen LogP contribution in [0, 0.1) is 23.1 Å². The van der Waals surface area contributed by atoms with Crippen molar-refractivity contribution in [3.05, 3.63) is 0 Å². The molecule has 4 heteroatoms. The summed E-state index contributed by atoms with van der Waals surface area (Å²) in [7, 11) is 0.0694. The SMILES string of the molecule is CC(C)[CH2][Al+][CH2]C(C)C.[BH3-]C#N.[H-].[Na+]. The molecule has 0 unspecified atom stereocenters. The Morgan fingerprint density at radius 2 is 1.46 bits per heavy atom. The minimum Gasteiger partial charge on any atom is -1.00 e. The maximum absolute atomic E-state index is 7.43. The summed E-state index contributed by atoms with van der Waals surface area (Å²) in [5.74, 6) is 3.86. The van der Waals surface area contributed by atoms with Crippen LogP contribution >= 0.6 is 0 Å². The summed E-state index contributed by atoms with van der Waals surface area (Å²) in [4.78, 5) is 0. The van der Waals surface area contributed by atoms with Crippen molar-refractivity contribution in [2.24, 2.45) is 11.8 Å². The monoisotopic (exact) mass is 205 g/mol. The molecule has 0 rings (SSSR count). The maximum Gasteiger partial charge on any atom is 1.00 e. The van der Waals surface area contributed by atoms with Gasteiger partial charge in [0.25, 0.3) is 0 Å². The average Bonchev–Trinajstić information content (AvgIpc) is 1.87. The summed E-state index contributed by atoms with van der Waals surface area (Å²) in [5, 5.41) is 10.4. The molecule has 0 aliphatic rings. The van der Waals surface area contributed by atoms with Gasteiger partial charge >= 0.3 is 94.9 Å². The predicted octanol–water partition coefficient (Wildman–Crippen LogP) is -1.21. The smallest absolute Gasteiger partial charge is 1.00 e. The Morgan fingerprint density at radius 3 is 1.62 bits per heavy atom. The van der Waals surface area contributed by atoms with Crippen molar-refractivity contribution in [1.29, 1.82) is 5.26 Å². The van der Waals surface area contributed by atoms with Gasteiger partial charge in [-0.25, -0.2) is 0 Å². The van der Waals surface area contributed by atoms with Gasteiger partial charge in [-0.15, -0.1) is 0 Å². The third kappa shape index (κ3) is 32.0. The molecule has 0 aromatic carbocycles. The maximum atomic E-state index is 7.43. The van der Waals surface area contributed by atoms with Crippen LogP contribution in [-0.2, 0) is 0 Å². The molecule has 0 fully saturated rings. The topological polar surface area (TPSA) is 23.8 Å². The van der Waals surface area contributed by atoms with Gasteiger partial charge in [0.2, 0.25) is 0 Å². The van der Waals surface area contributed by atoms with Crippen LogP contribution < -0.4 is 29.6 Å². The second-order valence-corrected chi connectivity index (χ2v) is 5.07. The number of nitrogens with zero attached hydrogens (tertiary/aromatic N) is 1. The van der Waals surface area contributed by atoms with E-state index in [-0.39, 0.29) is 38.8 Å². The molecule has 0 aromatic heterocycles. The Morgan fingerprint density at radius 1 is 1.23 bits per heavy atom. The fourth-order valence-electron chi connectivity index (χ4n) is 0.763. The molecule has 0 atom stereocenters. The minimum absolute atomic E-state index is 0. The van der Waals surface area contributed by atoms with E-state index in [0.717, 1.165) is 27.1 Å². The molecule has 70 valence electrons. The van der Waals surface area contributed by atoms with E-state index >= 15 is 0 Å². The summed E-state index contributed by atoms with van der Waals surface area (Å²) in [6, 6.07) is 0. The van der Waals surface area contributed by atoms with Crippen LogP contribution in [0.1, 0.15) is 29.1 Å². The molecule has 0 radical (unpaired) electrons. The molecule has 0 saturated carbocycles. The molecule has 0 N–H and O–H groups in total. The molecule has 0 aliphatic carbocycles. The van der Waals surface area contributed by atoms with Crippen molar-refractivity contribution >= 4 is 23.1 Å². The Kier molecular flexibility index (Phi) is 23.5. The van der Waals surface area contributed by atoms with E-state index in [1.807, 2.05) is 5.97 Å². The van der Waals surface area contributed by atoms with Crippen molar-refractivity contribution in [2.45, 2.75) is 38.3 Å². The van der Waals surface area contributed by atoms with Gasteiger partial charge in [-0.3, -0.25) is 5.26 Å². The summed E-state index contributed by atoms with van der Waals surface area (Å²) >= 11 is 0.755. The van der Waals surface area contributed by atoms with Gasteiger partial charge in [0.15, 0.2) is 0 Å². The zero-order chi connectivity index (χ0) is 9.98. The van der Waals surface area contributed by atoms with Crippen LogP contribution in [0.5, 0.6) is 0 Å². The first-order valence-electron chi connectivity index (χ1n) is 4.17. The molecular formula is C9H22AlBNNa. The molecule has 0 aliphatic heterocycles. The second-order valence-electron chi connectivity index (χ2n) is 3.55. The molecule has 0 spiro atoms. The largest absolute Gasteiger partial charge is 1.00 e. The van der Waals surface area contributed by atoms with Gasteiger partial charge in [-0.05, 0) is 0 Å². The predicted molar refractivity (Wildman–Crippen MR) is 61.7 cm³/mol. The molecule has 0 aromatic rings. The summed E-state index contributed by atoms with van der Waals surface area (Å²) in [6.45, 7) is 9.25. The number of rotatable bonds is 4. The summed E-state index contributed by atoms with van der Waals surface area (Å²) in [5.41, 5.74) is 0. The van der Waals surface area contributed by atoms with Gasteiger partial charge in [0.1, 0.15) is 0 Å². The Hall–Kier alpha value is 1.09. The van der Waals surface area contributed by atoms with E-state index in [0.29, 0.717) is 0 Å². The van der Waals surface area contributed by atoms with Gasteiger partial charge in [-0.1, -0.05) is 0 Å². The first kappa shape index (κ1) is 19.6. The van der Waals surface area contributed by atoms with Crippen LogP contribution in [0.15, 0.2) is 0 Å². The van der Waals surface area contributed by atoms with Gasteiger partial charge < -0.3 is 1.43 Å². The van der Waals surface area contributed by atoms with Gasteiger partial charge in [0.05, 0.1) is 7.85 Å². The van der Waals surface area contributed by atoms with Gasteiger partial charge in [0, 0.05) is 0 Å². The fourth-order valence-corrected chi connectivity index (χ4v) is 2.29. The van der Waals surface area contributed by atoms with E-state index in [9.17, 15) is 0 Å². The second kappa shape index (κ2) is 15.6. The molecule has 13 heavy (non-hydrogen) atoms. The van der Waals surface area contributed by atoms with E-state index in [4.69, 9.17) is 5.26 Å². The molecule has 0 amide bonds. The molecule has 0 bridgehead atoms. The van der Waals surface area contributed by atoms with Crippen LogP contribution in [-0.4, -0.2) is 23.1 Å². The first-order chi connectivity index (χ1) is 5.54. The van der Waals surface area contributed by atoms with Crippen molar-refractivity contribution in [2.75, 3.05) is 0 Å². The van der Waals surface area contributed by atoms with Crippen molar-refractivity contribution in [3.63, 3.8) is 0 Å². The third-order valence-corrected chi connectivity index (χ3v) is 3.83. The van der Waals surface area contributed by atoms with Crippen molar-refractivity contribution in [1.82, 2.24) is 0 Å². The van der Waals surface area contributed by atoms with E-state index in [1.165, 1.54) is 10.6 Å². The van der Waals surface area contributed by atoms with Crippen molar-refractivity contribution in [3.8, 4) is 5.97 Å². The molecule has 0 heterocycles. The summed E-state index contributed by atoms with van der Waals surface area (Å²) in [6.07, 6.45) is 0. The van der Waals surface area contributed by atoms with Crippen LogP contribution in [0.4, 0.5) is 0 Å². The quantitative estimate of drug-likeness (QED) is 0.528. The normalized spacial score (nSPS) is 7.85. The molecule has 0 saturated heterocycles. The van der Waals surface area contributed by atoms with E-state index < -0.39 is 0 Å². The van der Waals surface area contributed by atoms with E-state index in [2.05, 4.69) is 27.7 Å². The number of hydrogen-bond acceptors (Lipinski definition) is 1. The van der Waals surface area contributed by atoms with Crippen molar-refractivity contribution < 1.29 is 31.0 Å². The standard InChI is InChI=1S/2C4H9.CH3BN.Al.Na.H/c2*1-4(2)3;2-1-3;;;/h2*4H,1H2,2-3H3;2H3;;;/q;;-1;2*+1;-1. The zero-order valence-electron chi connectivity index (χ0n) is 10.1. The fraction of sp³-hybridized carbons (Fsp3) is 0.889. The molecular weight excluding hydrogens is 183 g/mol. The minimum atomic E-state index is 0. The summed E-state index contributed by atoms with van der Waals surface area (Å²) < 4.78 is 0. The number of nitriles is 1. The van der Waals surface area contributed by atoms with Crippen LogP contribution in [0.25, 0.3) is 0 Å². The van der Waals surface area contributed by atoms with Crippen LogP contribution in [0.2, 0.25) is 10.6 Å². The van der Waals surface area contributed by atoms with E-state index in [1.54, 1.807) is 0 Å². The third-order valence-electron chi connectivity index (χ3n) is 1.28.